The number of amides is 2. The van der Waals surface area contributed by atoms with E-state index in [2.05, 4.69) is 25.2 Å². The maximum Gasteiger partial charge on any atom is 0.522 e. The number of hydrogen-bond donors (Lipinski definition) is 1. The van der Waals surface area contributed by atoms with Crippen molar-refractivity contribution in [1.82, 2.24) is 25.4 Å². The molecule has 43 heavy (non-hydrogen) atoms. The van der Waals surface area contributed by atoms with Crippen molar-refractivity contribution in [3.05, 3.63) is 47.5 Å². The van der Waals surface area contributed by atoms with Gasteiger partial charge in [-0.2, -0.15) is 13.2 Å². The monoisotopic (exact) mass is 619 g/mol. The van der Waals surface area contributed by atoms with Crippen LogP contribution in [0, 0.1) is 0 Å². The van der Waals surface area contributed by atoms with Crippen LogP contribution >= 0.6 is 0 Å². The Morgan fingerprint density at radius 1 is 1.02 bits per heavy atom. The quantitative estimate of drug-likeness (QED) is 0.272. The number of benzene rings is 1. The molecule has 234 valence electrons. The highest BCUT2D eigenvalue weighted by Gasteiger charge is 2.39. The normalized spacial score (nSPS) is 18.0. The highest BCUT2D eigenvalue weighted by atomic mass is 19.4. The fourth-order valence-electron chi connectivity index (χ4n) is 4.26. The molecule has 11 nitrogen and oxygen atoms in total. The van der Waals surface area contributed by atoms with Gasteiger partial charge in [0.1, 0.15) is 23.9 Å². The summed E-state index contributed by atoms with van der Waals surface area (Å²) < 4.78 is 94.9. The molecule has 1 aliphatic heterocycles. The lowest BCUT2D eigenvalue weighted by Crippen LogP contribution is -2.52. The van der Waals surface area contributed by atoms with Crippen LogP contribution in [-0.2, 0) is 15.7 Å². The largest absolute Gasteiger partial charge is 0.522 e. The van der Waals surface area contributed by atoms with E-state index in [0.29, 0.717) is 11.8 Å². The number of carbonyl (C=O) groups is 2. The summed E-state index contributed by atoms with van der Waals surface area (Å²) in [4.78, 5) is 31.0. The fraction of sp³-hybridized carbons (Fsp3) is 0.500. The smallest absolute Gasteiger partial charge is 0.447 e. The minimum absolute atomic E-state index is 0.0343. The first-order chi connectivity index (χ1) is 20.0. The number of hydrogen-bond acceptors (Lipinski definition) is 9. The molecule has 1 N–H and O–H groups in total. The third kappa shape index (κ3) is 8.68. The maximum atomic E-state index is 13.1. The lowest BCUT2D eigenvalue weighted by molar-refractivity contribution is -0.325. The zero-order valence-electron chi connectivity index (χ0n) is 23.1. The molecule has 1 aliphatic rings. The number of rotatable bonds is 7. The van der Waals surface area contributed by atoms with Crippen molar-refractivity contribution in [3.63, 3.8) is 0 Å². The summed E-state index contributed by atoms with van der Waals surface area (Å²) in [6.45, 7) is 3.63. The molecule has 1 saturated heterocycles. The number of carbonyl (C=O) groups excluding carboxylic acids is 2. The van der Waals surface area contributed by atoms with Gasteiger partial charge in [0.05, 0.1) is 12.1 Å². The molecule has 17 heteroatoms. The summed E-state index contributed by atoms with van der Waals surface area (Å²) >= 11 is 0. The average molecular weight is 620 g/mol. The minimum atomic E-state index is -4.82. The molecule has 0 spiro atoms. The van der Waals surface area contributed by atoms with Gasteiger partial charge in [0.2, 0.25) is 5.89 Å². The summed E-state index contributed by atoms with van der Waals surface area (Å²) in [6, 6.07) is 4.77. The number of likely N-dealkylation sites (tertiary alicyclic amines) is 1. The Balaban J connectivity index is 1.45. The van der Waals surface area contributed by atoms with Crippen molar-refractivity contribution < 1.29 is 54.6 Å². The predicted octanol–water partition coefficient (Wildman–Crippen LogP) is 5.42. The predicted molar refractivity (Wildman–Crippen MR) is 135 cm³/mol. The van der Waals surface area contributed by atoms with Gasteiger partial charge in [0, 0.05) is 23.5 Å². The second-order valence-electron chi connectivity index (χ2n) is 10.5. The van der Waals surface area contributed by atoms with Gasteiger partial charge >= 0.3 is 24.7 Å². The Morgan fingerprint density at radius 2 is 1.77 bits per heavy atom. The molecular weight excluding hydrogens is 592 g/mol. The number of piperidine rings is 1. The van der Waals surface area contributed by atoms with E-state index in [1.54, 1.807) is 20.8 Å². The van der Waals surface area contributed by atoms with Crippen molar-refractivity contribution in [2.45, 2.75) is 63.8 Å². The van der Waals surface area contributed by atoms with E-state index in [9.17, 15) is 35.9 Å². The molecule has 0 unspecified atom stereocenters. The number of alkyl halides is 6. The minimum Gasteiger partial charge on any atom is -0.447 e. The third-order valence-corrected chi connectivity index (χ3v) is 6.07. The SMILES string of the molecule is CC(C)(C)OC(=O)N1C[C@@H](NC(=O)c2ccc3nc(C(F)(F)F)ccc3c2)CC[C@@H]1c1nnc(OCCOC(F)(F)F)o1. The fourth-order valence-corrected chi connectivity index (χ4v) is 4.26. The highest BCUT2D eigenvalue weighted by Crippen LogP contribution is 2.33. The van der Waals surface area contributed by atoms with Crippen LogP contribution in [0.1, 0.15) is 61.6 Å². The van der Waals surface area contributed by atoms with Crippen molar-refractivity contribution in [1.29, 1.82) is 0 Å². The molecule has 0 radical (unpaired) electrons. The summed E-state index contributed by atoms with van der Waals surface area (Å²) in [5.41, 5.74) is -1.68. The van der Waals surface area contributed by atoms with Crippen LogP contribution < -0.4 is 10.1 Å². The van der Waals surface area contributed by atoms with E-state index >= 15 is 0 Å². The zero-order chi connectivity index (χ0) is 31.6. The van der Waals surface area contributed by atoms with Crippen molar-refractivity contribution in [2.24, 2.45) is 0 Å². The van der Waals surface area contributed by atoms with Gasteiger partial charge in [0.25, 0.3) is 5.91 Å². The molecule has 2 atom stereocenters. The number of pyridine rings is 1. The number of ether oxygens (including phenoxy) is 3. The Kier molecular flexibility index (Phi) is 9.03. The molecule has 0 saturated carbocycles. The van der Waals surface area contributed by atoms with Gasteiger partial charge in [-0.25, -0.2) is 9.78 Å². The first-order valence-corrected chi connectivity index (χ1v) is 12.9. The first kappa shape index (κ1) is 31.8. The van der Waals surface area contributed by atoms with Gasteiger partial charge < -0.3 is 19.2 Å². The van der Waals surface area contributed by atoms with Crippen molar-refractivity contribution in [2.75, 3.05) is 19.8 Å². The van der Waals surface area contributed by atoms with Crippen LogP contribution in [0.3, 0.4) is 0 Å². The van der Waals surface area contributed by atoms with Crippen molar-refractivity contribution >= 4 is 22.9 Å². The molecule has 1 fully saturated rings. The second-order valence-corrected chi connectivity index (χ2v) is 10.5. The van der Waals surface area contributed by atoms with Crippen molar-refractivity contribution in [3.8, 4) is 6.08 Å². The van der Waals surface area contributed by atoms with E-state index in [0.717, 1.165) is 6.07 Å². The Morgan fingerprint density at radius 3 is 2.44 bits per heavy atom. The number of aromatic nitrogens is 3. The van der Waals surface area contributed by atoms with Gasteiger partial charge in [-0.1, -0.05) is 11.2 Å². The van der Waals surface area contributed by atoms with Gasteiger partial charge in [-0.05, 0) is 57.9 Å². The molecule has 3 heterocycles. The maximum absolute atomic E-state index is 13.1. The van der Waals surface area contributed by atoms with E-state index in [1.165, 1.54) is 29.2 Å². The molecule has 0 bridgehead atoms. The standard InChI is InChI=1S/C26H27F6N5O6/c1-24(2,3)43-23(39)37-13-16(6-8-18(37)21-35-36-22(42-21)40-10-11-41-26(30,31)32)33-20(38)15-4-7-17-14(12-15)5-9-19(34-17)25(27,28)29/h4-5,7,9,12,16,18H,6,8,10-11,13H2,1-3H3,(H,33,38)/t16-,18+/m0/s1. The number of nitrogens with zero attached hydrogens (tertiary/aromatic N) is 4. The molecule has 4 rings (SSSR count). The Bertz CT molecular complexity index is 1450. The molecule has 2 amide bonds. The first-order valence-electron chi connectivity index (χ1n) is 12.9. The van der Waals surface area contributed by atoms with Crippen LogP contribution in [0.15, 0.2) is 34.7 Å². The topological polar surface area (TPSA) is 129 Å². The molecule has 2 aromatic heterocycles. The Hall–Kier alpha value is -4.15. The van der Waals surface area contributed by atoms with Crippen LogP contribution in [-0.4, -0.2) is 69.8 Å². The average Bonchev–Trinajstić information content (AvgIpc) is 3.37. The molecular formula is C26H27F6N5O6. The summed E-state index contributed by atoms with van der Waals surface area (Å²) in [5, 5.41) is 10.7. The number of halogens is 6. The number of fused-ring (bicyclic) bond motifs is 1. The summed E-state index contributed by atoms with van der Waals surface area (Å²) in [6.07, 6.45) is -10.0. The van der Waals surface area contributed by atoms with Crippen LogP contribution in [0.4, 0.5) is 31.1 Å². The van der Waals surface area contributed by atoms with Gasteiger partial charge in [0.15, 0.2) is 0 Å². The lowest BCUT2D eigenvalue weighted by atomic mass is 9.98. The molecule has 3 aromatic rings. The molecule has 0 aliphatic carbocycles. The van der Waals surface area contributed by atoms with E-state index in [4.69, 9.17) is 13.9 Å². The summed E-state index contributed by atoms with van der Waals surface area (Å²) in [5.74, 6) is -0.577. The highest BCUT2D eigenvalue weighted by molar-refractivity contribution is 5.98. The van der Waals surface area contributed by atoms with Crippen LogP contribution in [0.5, 0.6) is 6.08 Å². The van der Waals surface area contributed by atoms with Gasteiger partial charge in [-0.15, -0.1) is 18.3 Å². The third-order valence-electron chi connectivity index (χ3n) is 6.07. The van der Waals surface area contributed by atoms with E-state index in [1.807, 2.05) is 0 Å². The van der Waals surface area contributed by atoms with Gasteiger partial charge in [-0.3, -0.25) is 14.4 Å². The number of nitrogens with one attached hydrogen (secondary N) is 1. The molecule has 1 aromatic carbocycles. The summed E-state index contributed by atoms with van der Waals surface area (Å²) in [7, 11) is 0. The van der Waals surface area contributed by atoms with E-state index < -0.39 is 67.2 Å². The Labute approximate surface area is 240 Å². The second kappa shape index (κ2) is 12.2. The van der Waals surface area contributed by atoms with E-state index in [-0.39, 0.29) is 29.9 Å². The van der Waals surface area contributed by atoms with Crippen LogP contribution in [0.25, 0.3) is 10.9 Å². The zero-order valence-corrected chi connectivity index (χ0v) is 23.1. The lowest BCUT2D eigenvalue weighted by Gasteiger charge is -2.38. The van der Waals surface area contributed by atoms with Crippen LogP contribution in [0.2, 0.25) is 0 Å².